The predicted molar refractivity (Wildman–Crippen MR) is 108 cm³/mol. The van der Waals surface area contributed by atoms with Gasteiger partial charge in [0.05, 0.1) is 33.3 Å². The molecular weight excluding hydrogens is 464 g/mol. The number of hydrogen-bond donors (Lipinski definition) is 1. The van der Waals surface area contributed by atoms with Crippen LogP contribution in [-0.4, -0.2) is 27.8 Å². The van der Waals surface area contributed by atoms with Gasteiger partial charge in [0, 0.05) is 11.6 Å². The zero-order chi connectivity index (χ0) is 20.2. The summed E-state index contributed by atoms with van der Waals surface area (Å²) < 4.78 is 35.5. The Kier molecular flexibility index (Phi) is 4.47. The molecule has 0 spiro atoms. The number of ether oxygens (including phenoxy) is 1. The first-order chi connectivity index (χ1) is 13.9. The molecule has 5 nitrogen and oxygen atoms in total. The van der Waals surface area contributed by atoms with Gasteiger partial charge in [-0.3, -0.25) is 9.48 Å². The summed E-state index contributed by atoms with van der Waals surface area (Å²) in [6, 6.07) is 5.30. The van der Waals surface area contributed by atoms with E-state index in [1.54, 1.807) is 6.20 Å². The third-order valence-corrected chi connectivity index (χ3v) is 6.83. The molecule has 29 heavy (non-hydrogen) atoms. The largest absolute Gasteiger partial charge is 0.481 e. The molecule has 0 unspecified atom stereocenters. The fourth-order valence-electron chi connectivity index (χ4n) is 3.69. The van der Waals surface area contributed by atoms with Crippen molar-refractivity contribution >= 4 is 33.2 Å². The molecule has 3 aromatic rings. The molecule has 1 saturated carbocycles. The van der Waals surface area contributed by atoms with Crippen LogP contribution in [0.1, 0.15) is 28.1 Å². The number of rotatable bonds is 4. The molecule has 1 N–H and O–H groups in total. The Hall–Kier alpha value is -2.26. The van der Waals surface area contributed by atoms with Crippen molar-refractivity contribution < 1.29 is 18.3 Å². The summed E-state index contributed by atoms with van der Waals surface area (Å²) >= 11 is 4.81. The molecule has 2 aliphatic rings. The predicted octanol–water partition coefficient (Wildman–Crippen LogP) is 4.55. The number of halogens is 3. The Bertz CT molecular complexity index is 1100. The lowest BCUT2D eigenvalue weighted by molar-refractivity contribution is 0.0935. The third kappa shape index (κ3) is 3.57. The van der Waals surface area contributed by atoms with E-state index in [9.17, 15) is 13.6 Å². The number of amides is 1. The molecule has 1 aromatic carbocycles. The molecule has 9 heteroatoms. The van der Waals surface area contributed by atoms with Crippen molar-refractivity contribution in [2.45, 2.75) is 31.3 Å². The second-order valence-corrected chi connectivity index (χ2v) is 9.28. The van der Waals surface area contributed by atoms with E-state index in [-0.39, 0.29) is 5.91 Å². The van der Waals surface area contributed by atoms with E-state index in [2.05, 4.69) is 26.3 Å². The van der Waals surface area contributed by atoms with Gasteiger partial charge >= 0.3 is 0 Å². The van der Waals surface area contributed by atoms with E-state index in [1.807, 2.05) is 10.7 Å². The Labute approximate surface area is 177 Å². The van der Waals surface area contributed by atoms with Gasteiger partial charge in [-0.05, 0) is 59.0 Å². The third-order valence-electron chi connectivity index (χ3n) is 5.21. The lowest BCUT2D eigenvalue weighted by Crippen LogP contribution is -2.38. The van der Waals surface area contributed by atoms with Crippen molar-refractivity contribution in [2.24, 2.45) is 0 Å². The number of nitrogens with zero attached hydrogens (tertiary/aromatic N) is 2. The summed E-state index contributed by atoms with van der Waals surface area (Å²) in [5.41, 5.74) is 1.81. The molecule has 5 rings (SSSR count). The summed E-state index contributed by atoms with van der Waals surface area (Å²) in [5, 5.41) is 8.08. The molecule has 0 radical (unpaired) electrons. The minimum atomic E-state index is -0.608. The van der Waals surface area contributed by atoms with Crippen molar-refractivity contribution in [3.63, 3.8) is 0 Å². The van der Waals surface area contributed by atoms with Crippen LogP contribution < -0.4 is 10.1 Å². The summed E-state index contributed by atoms with van der Waals surface area (Å²) in [6.07, 6.45) is 3.68. The molecule has 1 aliphatic heterocycles. The van der Waals surface area contributed by atoms with Crippen LogP contribution in [0, 0.1) is 11.6 Å². The van der Waals surface area contributed by atoms with Crippen LogP contribution in [0.4, 0.5) is 8.78 Å². The van der Waals surface area contributed by atoms with E-state index in [4.69, 9.17) is 4.74 Å². The van der Waals surface area contributed by atoms with Crippen molar-refractivity contribution in [3.8, 4) is 16.3 Å². The van der Waals surface area contributed by atoms with E-state index >= 15 is 0 Å². The highest BCUT2D eigenvalue weighted by Crippen LogP contribution is 2.44. The summed E-state index contributed by atoms with van der Waals surface area (Å²) in [4.78, 5) is 13.5. The van der Waals surface area contributed by atoms with Gasteiger partial charge in [-0.2, -0.15) is 5.10 Å². The fraction of sp³-hybridized carbons (Fsp3) is 0.300. The molecule has 150 valence electrons. The van der Waals surface area contributed by atoms with E-state index in [0.29, 0.717) is 35.1 Å². The van der Waals surface area contributed by atoms with Gasteiger partial charge in [-0.15, -0.1) is 0 Å². The molecule has 3 heterocycles. The van der Waals surface area contributed by atoms with Crippen LogP contribution in [0.5, 0.6) is 5.06 Å². The zero-order valence-electron chi connectivity index (χ0n) is 15.2. The highest BCUT2D eigenvalue weighted by molar-refractivity contribution is 9.10. The maximum absolute atomic E-state index is 13.5. The number of carbonyl (C=O) groups excluding carboxylic acids is 1. The van der Waals surface area contributed by atoms with Crippen molar-refractivity contribution in [1.82, 2.24) is 15.1 Å². The quantitative estimate of drug-likeness (QED) is 0.597. The first-order valence-corrected chi connectivity index (χ1v) is 10.8. The first-order valence-electron chi connectivity index (χ1n) is 9.18. The zero-order valence-corrected chi connectivity index (χ0v) is 17.6. The highest BCUT2D eigenvalue weighted by Gasteiger charge is 2.44. The lowest BCUT2D eigenvalue weighted by atomic mass is 10.0. The van der Waals surface area contributed by atoms with Crippen LogP contribution in [0.25, 0.3) is 11.3 Å². The smallest absolute Gasteiger partial charge is 0.261 e. The average Bonchev–Trinajstić information content (AvgIpc) is 3.16. The minimum absolute atomic E-state index is 0.205. The molecule has 0 bridgehead atoms. The number of aromatic nitrogens is 2. The van der Waals surface area contributed by atoms with Gasteiger partial charge in [0.1, 0.15) is 18.2 Å². The summed E-state index contributed by atoms with van der Waals surface area (Å²) in [7, 11) is 0. The molecular formula is C20H16BrF2N3O2S. The normalized spacial score (nSPS) is 16.4. The van der Waals surface area contributed by atoms with Gasteiger partial charge in [-0.1, -0.05) is 11.3 Å². The molecule has 1 aliphatic carbocycles. The van der Waals surface area contributed by atoms with E-state index in [0.717, 1.165) is 34.6 Å². The second-order valence-electron chi connectivity index (χ2n) is 7.41. The maximum Gasteiger partial charge on any atom is 0.261 e. The standard InChI is InChI=1S/C20H16BrF2N3O2S/c21-15-10-24-26-3-4-28-19-14(17(15)26)8-16(29-19)18(27)25-20(1-2-20)9-11-5-12(22)7-13(23)6-11/h5-8,10H,1-4,9H2,(H,25,27). The molecule has 1 amide bonds. The summed E-state index contributed by atoms with van der Waals surface area (Å²) in [5.74, 6) is -1.42. The molecule has 1 fully saturated rings. The second kappa shape index (κ2) is 6.91. The first kappa shape index (κ1) is 18.7. The topological polar surface area (TPSA) is 56.1 Å². The highest BCUT2D eigenvalue weighted by atomic mass is 79.9. The lowest BCUT2D eigenvalue weighted by Gasteiger charge is -2.17. The molecule has 2 aromatic heterocycles. The monoisotopic (exact) mass is 479 g/mol. The molecule has 0 saturated heterocycles. The van der Waals surface area contributed by atoms with Crippen molar-refractivity contribution in [3.05, 3.63) is 57.0 Å². The number of benzene rings is 1. The van der Waals surface area contributed by atoms with E-state index in [1.165, 1.54) is 23.5 Å². The Balaban J connectivity index is 1.38. The van der Waals surface area contributed by atoms with Crippen LogP contribution in [-0.2, 0) is 13.0 Å². The number of hydrogen-bond acceptors (Lipinski definition) is 4. The van der Waals surface area contributed by atoms with E-state index < -0.39 is 17.2 Å². The van der Waals surface area contributed by atoms with Crippen LogP contribution in [0.3, 0.4) is 0 Å². The van der Waals surface area contributed by atoms with Gasteiger partial charge in [0.15, 0.2) is 5.06 Å². The SMILES string of the molecule is O=C(NC1(Cc2cc(F)cc(F)c2)CC1)c1cc2c(s1)OCCn1ncc(Br)c1-2. The van der Waals surface area contributed by atoms with Crippen LogP contribution in [0.2, 0.25) is 0 Å². The summed E-state index contributed by atoms with van der Waals surface area (Å²) in [6.45, 7) is 1.11. The maximum atomic E-state index is 13.5. The Morgan fingerprint density at radius 3 is 2.76 bits per heavy atom. The van der Waals surface area contributed by atoms with Crippen molar-refractivity contribution in [1.29, 1.82) is 0 Å². The minimum Gasteiger partial charge on any atom is -0.481 e. The average molecular weight is 480 g/mol. The van der Waals surface area contributed by atoms with Crippen LogP contribution >= 0.6 is 27.3 Å². The molecule has 0 atom stereocenters. The number of thiophene rings is 1. The fourth-order valence-corrected chi connectivity index (χ4v) is 5.12. The Morgan fingerprint density at radius 2 is 2.03 bits per heavy atom. The Morgan fingerprint density at radius 1 is 1.28 bits per heavy atom. The van der Waals surface area contributed by atoms with Gasteiger partial charge in [0.25, 0.3) is 5.91 Å². The van der Waals surface area contributed by atoms with Crippen LogP contribution in [0.15, 0.2) is 34.9 Å². The number of fused-ring (bicyclic) bond motifs is 3. The number of nitrogens with one attached hydrogen (secondary N) is 1. The van der Waals surface area contributed by atoms with Gasteiger partial charge in [0.2, 0.25) is 0 Å². The van der Waals surface area contributed by atoms with Gasteiger partial charge < -0.3 is 10.1 Å². The van der Waals surface area contributed by atoms with Crippen molar-refractivity contribution in [2.75, 3.05) is 6.61 Å². The van der Waals surface area contributed by atoms with Gasteiger partial charge in [-0.25, -0.2) is 8.78 Å². The number of carbonyl (C=O) groups is 1.